The number of halogens is 1. The molecule has 0 aromatic heterocycles. The maximum Gasteiger partial charge on any atom is 0.325 e. The zero-order chi connectivity index (χ0) is 16.8. The minimum atomic E-state index is -3.90. The molecule has 0 amide bonds. The second-order valence-electron chi connectivity index (χ2n) is 5.55. The third kappa shape index (κ3) is 2.43. The molecule has 0 aliphatic heterocycles. The number of aliphatic carboxylic acids is 1. The van der Waals surface area contributed by atoms with Gasteiger partial charge in [-0.1, -0.05) is 41.9 Å². The van der Waals surface area contributed by atoms with Crippen molar-refractivity contribution in [2.45, 2.75) is 21.6 Å². The number of nitrogens with two attached hydrogens (primary N) is 1. The highest BCUT2D eigenvalue weighted by Gasteiger charge is 2.74. The standard InChI is InChI=1S/C16H14ClNO4S/c17-11-6-8-12(9-7-11)23(21,22)14-13(16(14,18)15(19)20)10-4-2-1-3-5-10/h1-9,13-14H,18H2,(H,19,20). The molecule has 2 aromatic carbocycles. The number of carboxylic acid groups (broad SMARTS) is 1. The molecule has 120 valence electrons. The Hall–Kier alpha value is -1.89. The van der Waals surface area contributed by atoms with Crippen LogP contribution in [0.4, 0.5) is 0 Å². The number of sulfone groups is 1. The zero-order valence-electron chi connectivity index (χ0n) is 11.9. The van der Waals surface area contributed by atoms with Crippen LogP contribution in [0, 0.1) is 0 Å². The lowest BCUT2D eigenvalue weighted by Gasteiger charge is -2.06. The highest BCUT2D eigenvalue weighted by atomic mass is 35.5. The topological polar surface area (TPSA) is 97.5 Å². The van der Waals surface area contributed by atoms with Crippen LogP contribution in [0.1, 0.15) is 11.5 Å². The third-order valence-electron chi connectivity index (χ3n) is 4.18. The summed E-state index contributed by atoms with van der Waals surface area (Å²) in [7, 11) is -3.90. The van der Waals surface area contributed by atoms with E-state index >= 15 is 0 Å². The SMILES string of the molecule is NC1(C(=O)O)C(c2ccccc2)C1S(=O)(=O)c1ccc(Cl)cc1. The highest BCUT2D eigenvalue weighted by Crippen LogP contribution is 2.55. The van der Waals surface area contributed by atoms with E-state index in [2.05, 4.69) is 0 Å². The number of hydrogen-bond donors (Lipinski definition) is 2. The summed E-state index contributed by atoms with van der Waals surface area (Å²) in [5.41, 5.74) is 4.72. The van der Waals surface area contributed by atoms with Gasteiger partial charge in [-0.25, -0.2) is 8.42 Å². The van der Waals surface area contributed by atoms with Gasteiger partial charge in [0.15, 0.2) is 9.84 Å². The van der Waals surface area contributed by atoms with Crippen LogP contribution in [0.2, 0.25) is 5.02 Å². The van der Waals surface area contributed by atoms with Crippen molar-refractivity contribution in [3.8, 4) is 0 Å². The summed E-state index contributed by atoms with van der Waals surface area (Å²) in [5.74, 6) is -2.12. The quantitative estimate of drug-likeness (QED) is 0.878. The van der Waals surface area contributed by atoms with Gasteiger partial charge in [0.2, 0.25) is 0 Å². The number of rotatable bonds is 4. The molecular formula is C16H14ClNO4S. The van der Waals surface area contributed by atoms with Gasteiger partial charge in [-0.3, -0.25) is 4.79 Å². The molecule has 2 aromatic rings. The van der Waals surface area contributed by atoms with Crippen LogP contribution in [-0.4, -0.2) is 30.3 Å². The van der Waals surface area contributed by atoms with Crippen molar-refractivity contribution >= 4 is 27.4 Å². The summed E-state index contributed by atoms with van der Waals surface area (Å²) in [4.78, 5) is 11.6. The molecule has 0 radical (unpaired) electrons. The summed E-state index contributed by atoms with van der Waals surface area (Å²) < 4.78 is 25.6. The molecule has 3 unspecified atom stereocenters. The average Bonchev–Trinajstić information content (AvgIpc) is 3.17. The van der Waals surface area contributed by atoms with Gasteiger partial charge in [0.1, 0.15) is 10.8 Å². The van der Waals surface area contributed by atoms with E-state index in [9.17, 15) is 18.3 Å². The van der Waals surface area contributed by atoms with Gasteiger partial charge < -0.3 is 10.8 Å². The first-order valence-electron chi connectivity index (χ1n) is 6.86. The maximum atomic E-state index is 12.8. The van der Waals surface area contributed by atoms with E-state index in [1.807, 2.05) is 0 Å². The molecule has 1 fully saturated rings. The summed E-state index contributed by atoms with van der Waals surface area (Å²) >= 11 is 5.77. The molecule has 3 N–H and O–H groups in total. The lowest BCUT2D eigenvalue weighted by Crippen LogP contribution is -2.39. The van der Waals surface area contributed by atoms with Crippen LogP contribution in [0.15, 0.2) is 59.5 Å². The highest BCUT2D eigenvalue weighted by molar-refractivity contribution is 7.92. The molecule has 7 heteroatoms. The van der Waals surface area contributed by atoms with E-state index in [-0.39, 0.29) is 4.90 Å². The Kier molecular flexibility index (Phi) is 3.71. The second-order valence-corrected chi connectivity index (χ2v) is 8.05. The van der Waals surface area contributed by atoms with Gasteiger partial charge in [-0.2, -0.15) is 0 Å². The Labute approximate surface area is 138 Å². The molecular weight excluding hydrogens is 338 g/mol. The van der Waals surface area contributed by atoms with Crippen molar-refractivity contribution in [1.29, 1.82) is 0 Å². The van der Waals surface area contributed by atoms with E-state index in [0.717, 1.165) is 0 Å². The fourth-order valence-electron chi connectivity index (χ4n) is 2.95. The Balaban J connectivity index is 2.07. The smallest absolute Gasteiger partial charge is 0.325 e. The van der Waals surface area contributed by atoms with E-state index in [0.29, 0.717) is 10.6 Å². The first-order valence-corrected chi connectivity index (χ1v) is 8.78. The van der Waals surface area contributed by atoms with Crippen LogP contribution >= 0.6 is 11.6 Å². The monoisotopic (exact) mass is 351 g/mol. The Morgan fingerprint density at radius 2 is 1.65 bits per heavy atom. The number of carboxylic acids is 1. The fraction of sp³-hybridized carbons (Fsp3) is 0.188. The number of hydrogen-bond acceptors (Lipinski definition) is 4. The maximum absolute atomic E-state index is 12.8. The largest absolute Gasteiger partial charge is 0.480 e. The van der Waals surface area contributed by atoms with Gasteiger partial charge >= 0.3 is 5.97 Å². The normalized spacial score (nSPS) is 26.7. The number of benzene rings is 2. The summed E-state index contributed by atoms with van der Waals surface area (Å²) in [6.07, 6.45) is 0. The minimum Gasteiger partial charge on any atom is -0.480 e. The predicted molar refractivity (Wildman–Crippen MR) is 86.2 cm³/mol. The van der Waals surface area contributed by atoms with E-state index in [4.69, 9.17) is 17.3 Å². The van der Waals surface area contributed by atoms with Crippen LogP contribution in [0.25, 0.3) is 0 Å². The molecule has 1 aliphatic rings. The Morgan fingerprint density at radius 3 is 2.17 bits per heavy atom. The van der Waals surface area contributed by atoms with Crippen molar-refractivity contribution in [3.63, 3.8) is 0 Å². The summed E-state index contributed by atoms with van der Waals surface area (Å²) in [6.45, 7) is 0. The van der Waals surface area contributed by atoms with Gasteiger partial charge in [-0.15, -0.1) is 0 Å². The molecule has 3 rings (SSSR count). The average molecular weight is 352 g/mol. The van der Waals surface area contributed by atoms with E-state index in [1.54, 1.807) is 30.3 Å². The van der Waals surface area contributed by atoms with Crippen molar-refractivity contribution in [2.24, 2.45) is 5.73 Å². The Bertz CT molecular complexity index is 851. The Morgan fingerprint density at radius 1 is 1.09 bits per heavy atom. The molecule has 0 saturated heterocycles. The minimum absolute atomic E-state index is 0.0152. The van der Waals surface area contributed by atoms with Crippen LogP contribution in [0.5, 0.6) is 0 Å². The summed E-state index contributed by atoms with van der Waals surface area (Å²) in [5, 5.41) is 8.65. The first kappa shape index (κ1) is 16.0. The molecule has 0 bridgehead atoms. The van der Waals surface area contributed by atoms with Crippen molar-refractivity contribution < 1.29 is 18.3 Å². The van der Waals surface area contributed by atoms with Crippen LogP contribution in [-0.2, 0) is 14.6 Å². The molecule has 3 atom stereocenters. The van der Waals surface area contributed by atoms with Crippen molar-refractivity contribution in [2.75, 3.05) is 0 Å². The van der Waals surface area contributed by atoms with E-state index < -0.39 is 32.5 Å². The van der Waals surface area contributed by atoms with Gasteiger partial charge in [0, 0.05) is 10.9 Å². The first-order chi connectivity index (χ1) is 10.8. The van der Waals surface area contributed by atoms with Gasteiger partial charge in [-0.05, 0) is 29.8 Å². The third-order valence-corrected chi connectivity index (χ3v) is 6.70. The van der Waals surface area contributed by atoms with Crippen LogP contribution < -0.4 is 5.73 Å². The van der Waals surface area contributed by atoms with Crippen LogP contribution in [0.3, 0.4) is 0 Å². The summed E-state index contributed by atoms with van der Waals surface area (Å²) in [6, 6.07) is 14.2. The van der Waals surface area contributed by atoms with Crippen molar-refractivity contribution in [3.05, 3.63) is 65.2 Å². The molecule has 0 heterocycles. The predicted octanol–water partition coefficient (Wildman–Crippen LogP) is 2.06. The molecule has 1 aliphatic carbocycles. The molecule has 23 heavy (non-hydrogen) atoms. The molecule has 1 saturated carbocycles. The zero-order valence-corrected chi connectivity index (χ0v) is 13.5. The fourth-order valence-corrected chi connectivity index (χ4v) is 5.30. The van der Waals surface area contributed by atoms with Gasteiger partial charge in [0.05, 0.1) is 4.90 Å². The molecule has 5 nitrogen and oxygen atoms in total. The van der Waals surface area contributed by atoms with Crippen molar-refractivity contribution in [1.82, 2.24) is 0 Å². The van der Waals surface area contributed by atoms with E-state index in [1.165, 1.54) is 24.3 Å². The molecule has 0 spiro atoms. The lowest BCUT2D eigenvalue weighted by molar-refractivity contribution is -0.139. The lowest BCUT2D eigenvalue weighted by atomic mass is 10.1. The van der Waals surface area contributed by atoms with Gasteiger partial charge in [0.25, 0.3) is 0 Å². The second kappa shape index (κ2) is 5.33. The number of carbonyl (C=O) groups is 1.